The summed E-state index contributed by atoms with van der Waals surface area (Å²) in [5.74, 6) is 1.30. The molecule has 0 unspecified atom stereocenters. The largest absolute Gasteiger partial charge is 0.497 e. The quantitative estimate of drug-likeness (QED) is 0.901. The van der Waals surface area contributed by atoms with E-state index < -0.39 is 0 Å². The average molecular weight is 362 g/mol. The van der Waals surface area contributed by atoms with Crippen LogP contribution in [-0.4, -0.2) is 20.1 Å². The average Bonchev–Trinajstić information content (AvgIpc) is 2.83. The molecule has 2 aromatic rings. The number of fused-ring (bicyclic) bond motifs is 1. The molecule has 3 rings (SSSR count). The van der Waals surface area contributed by atoms with Gasteiger partial charge in [-0.05, 0) is 53.9 Å². The normalized spacial score (nSPS) is 16.1. The molecule has 0 spiro atoms. The van der Waals surface area contributed by atoms with Crippen molar-refractivity contribution in [3.05, 3.63) is 52.0 Å². The van der Waals surface area contributed by atoms with Crippen LogP contribution in [0, 0.1) is 0 Å². The fourth-order valence-electron chi connectivity index (χ4n) is 2.76. The number of hydrogen-bond acceptors (Lipinski definition) is 3. The van der Waals surface area contributed by atoms with Gasteiger partial charge < -0.3 is 14.8 Å². The molecule has 0 aromatic heterocycles. The maximum Gasteiger partial charge on any atom is 0.232 e. The number of nitrogens with one attached hydrogen (secondary N) is 1. The smallest absolute Gasteiger partial charge is 0.232 e. The summed E-state index contributed by atoms with van der Waals surface area (Å²) in [5.41, 5.74) is 2.83. The van der Waals surface area contributed by atoms with E-state index in [-0.39, 0.29) is 11.8 Å². The minimum absolute atomic E-state index is 0.0120. The fraction of sp³-hybridized carbons (Fsp3) is 0.235. The van der Waals surface area contributed by atoms with Gasteiger partial charge in [0.25, 0.3) is 0 Å². The molecule has 114 valence electrons. The highest BCUT2D eigenvalue weighted by Crippen LogP contribution is 2.38. The summed E-state index contributed by atoms with van der Waals surface area (Å²) in [7, 11) is 3.25. The third-order valence-corrected chi connectivity index (χ3v) is 4.37. The molecule has 1 atom stereocenters. The van der Waals surface area contributed by atoms with Crippen LogP contribution in [-0.2, 0) is 11.2 Å². The summed E-state index contributed by atoms with van der Waals surface area (Å²) in [5, 5.41) is 2.93. The number of benzene rings is 2. The Morgan fingerprint density at radius 2 is 1.95 bits per heavy atom. The highest BCUT2D eigenvalue weighted by atomic mass is 79.9. The van der Waals surface area contributed by atoms with E-state index in [9.17, 15) is 4.79 Å². The second-order valence-electron chi connectivity index (χ2n) is 5.16. The maximum atomic E-state index is 12.3. The van der Waals surface area contributed by atoms with Gasteiger partial charge in [0.2, 0.25) is 5.91 Å². The van der Waals surface area contributed by atoms with Crippen molar-refractivity contribution in [2.45, 2.75) is 12.3 Å². The Balaban J connectivity index is 1.97. The number of hydrogen-bond donors (Lipinski definition) is 1. The number of halogens is 1. The molecular weight excluding hydrogens is 346 g/mol. The SMILES string of the molecule is COc1ccc(OC)c(C[C@@H]2C(=O)Nc3ccc(Br)cc32)c1. The summed E-state index contributed by atoms with van der Waals surface area (Å²) >= 11 is 3.46. The van der Waals surface area contributed by atoms with Crippen LogP contribution in [0.1, 0.15) is 17.0 Å². The lowest BCUT2D eigenvalue weighted by Crippen LogP contribution is -2.14. The first-order valence-electron chi connectivity index (χ1n) is 6.93. The van der Waals surface area contributed by atoms with E-state index >= 15 is 0 Å². The molecule has 0 aliphatic carbocycles. The van der Waals surface area contributed by atoms with Gasteiger partial charge in [-0.15, -0.1) is 0 Å². The number of ether oxygens (including phenoxy) is 2. The van der Waals surface area contributed by atoms with Crippen LogP contribution in [0.4, 0.5) is 5.69 Å². The Hall–Kier alpha value is -2.01. The van der Waals surface area contributed by atoms with Gasteiger partial charge in [-0.3, -0.25) is 4.79 Å². The second-order valence-corrected chi connectivity index (χ2v) is 6.07. The molecular formula is C17H16BrNO3. The van der Waals surface area contributed by atoms with Crippen LogP contribution < -0.4 is 14.8 Å². The molecule has 1 N–H and O–H groups in total. The molecule has 0 fully saturated rings. The van der Waals surface area contributed by atoms with Gasteiger partial charge in [-0.2, -0.15) is 0 Å². The minimum Gasteiger partial charge on any atom is -0.497 e. The Kier molecular flexibility index (Phi) is 4.07. The first-order valence-corrected chi connectivity index (χ1v) is 7.73. The van der Waals surface area contributed by atoms with E-state index in [0.717, 1.165) is 32.8 Å². The van der Waals surface area contributed by atoms with E-state index in [2.05, 4.69) is 21.2 Å². The predicted octanol–water partition coefficient (Wildman–Crippen LogP) is 3.74. The van der Waals surface area contributed by atoms with Crippen molar-refractivity contribution < 1.29 is 14.3 Å². The zero-order valence-electron chi connectivity index (χ0n) is 12.4. The second kappa shape index (κ2) is 6.01. The van der Waals surface area contributed by atoms with E-state index in [4.69, 9.17) is 9.47 Å². The van der Waals surface area contributed by atoms with Crippen molar-refractivity contribution in [1.82, 2.24) is 0 Å². The standard InChI is InChI=1S/C17H16BrNO3/c1-21-12-4-6-16(22-2)10(7-12)8-14-13-9-11(18)3-5-15(13)19-17(14)20/h3-7,9,14H,8H2,1-2H3,(H,19,20)/t14-/m0/s1. The van der Waals surface area contributed by atoms with Crippen molar-refractivity contribution in [3.8, 4) is 11.5 Å². The summed E-state index contributed by atoms with van der Waals surface area (Å²) < 4.78 is 11.6. The molecule has 0 bridgehead atoms. The van der Waals surface area contributed by atoms with Gasteiger partial charge in [0.1, 0.15) is 11.5 Å². The van der Waals surface area contributed by atoms with Crippen molar-refractivity contribution in [1.29, 1.82) is 0 Å². The van der Waals surface area contributed by atoms with Crippen LogP contribution in [0.25, 0.3) is 0 Å². The number of methoxy groups -OCH3 is 2. The topological polar surface area (TPSA) is 47.6 Å². The lowest BCUT2D eigenvalue weighted by Gasteiger charge is -2.14. The van der Waals surface area contributed by atoms with Crippen LogP contribution in [0.15, 0.2) is 40.9 Å². The van der Waals surface area contributed by atoms with Crippen molar-refractivity contribution >= 4 is 27.5 Å². The molecule has 0 saturated heterocycles. The van der Waals surface area contributed by atoms with Gasteiger partial charge in [-0.1, -0.05) is 15.9 Å². The summed E-state index contributed by atoms with van der Waals surface area (Å²) in [6.45, 7) is 0. The lowest BCUT2D eigenvalue weighted by molar-refractivity contribution is -0.117. The van der Waals surface area contributed by atoms with Gasteiger partial charge in [0, 0.05) is 10.2 Å². The van der Waals surface area contributed by atoms with Gasteiger partial charge >= 0.3 is 0 Å². The lowest BCUT2D eigenvalue weighted by atomic mass is 9.92. The number of carbonyl (C=O) groups excluding carboxylic acids is 1. The first kappa shape index (κ1) is 14.9. The molecule has 0 radical (unpaired) electrons. The van der Waals surface area contributed by atoms with E-state index in [1.54, 1.807) is 14.2 Å². The van der Waals surface area contributed by atoms with Crippen LogP contribution in [0.5, 0.6) is 11.5 Å². The number of carbonyl (C=O) groups is 1. The van der Waals surface area contributed by atoms with Crippen molar-refractivity contribution in [2.75, 3.05) is 19.5 Å². The van der Waals surface area contributed by atoms with E-state index in [1.807, 2.05) is 36.4 Å². The van der Waals surface area contributed by atoms with E-state index in [0.29, 0.717) is 6.42 Å². The molecule has 4 nitrogen and oxygen atoms in total. The molecule has 0 saturated carbocycles. The maximum absolute atomic E-state index is 12.3. The third kappa shape index (κ3) is 2.68. The Labute approximate surface area is 137 Å². The zero-order valence-corrected chi connectivity index (χ0v) is 13.9. The van der Waals surface area contributed by atoms with Crippen LogP contribution in [0.3, 0.4) is 0 Å². The highest BCUT2D eigenvalue weighted by Gasteiger charge is 2.31. The number of anilines is 1. The number of rotatable bonds is 4. The summed E-state index contributed by atoms with van der Waals surface area (Å²) in [6, 6.07) is 11.5. The molecule has 5 heteroatoms. The summed E-state index contributed by atoms with van der Waals surface area (Å²) in [6.07, 6.45) is 0.565. The van der Waals surface area contributed by atoms with Gasteiger partial charge in [0.15, 0.2) is 0 Å². The highest BCUT2D eigenvalue weighted by molar-refractivity contribution is 9.10. The summed E-state index contributed by atoms with van der Waals surface area (Å²) in [4.78, 5) is 12.3. The Morgan fingerprint density at radius 3 is 2.68 bits per heavy atom. The third-order valence-electron chi connectivity index (χ3n) is 3.87. The van der Waals surface area contributed by atoms with Gasteiger partial charge in [-0.25, -0.2) is 0 Å². The molecule has 22 heavy (non-hydrogen) atoms. The zero-order chi connectivity index (χ0) is 15.7. The molecule has 2 aromatic carbocycles. The van der Waals surface area contributed by atoms with Crippen molar-refractivity contribution in [2.24, 2.45) is 0 Å². The Bertz CT molecular complexity index is 730. The van der Waals surface area contributed by atoms with E-state index in [1.165, 1.54) is 0 Å². The van der Waals surface area contributed by atoms with Crippen LogP contribution in [0.2, 0.25) is 0 Å². The fourth-order valence-corrected chi connectivity index (χ4v) is 3.14. The molecule has 1 heterocycles. The molecule has 1 amide bonds. The minimum atomic E-state index is -0.228. The molecule has 1 aliphatic heterocycles. The number of amides is 1. The molecule has 1 aliphatic rings. The first-order chi connectivity index (χ1) is 10.6. The van der Waals surface area contributed by atoms with Gasteiger partial charge in [0.05, 0.1) is 20.1 Å². The van der Waals surface area contributed by atoms with Crippen molar-refractivity contribution in [3.63, 3.8) is 0 Å². The monoisotopic (exact) mass is 361 g/mol. The predicted molar refractivity (Wildman–Crippen MR) is 88.8 cm³/mol. The van der Waals surface area contributed by atoms with Crippen LogP contribution >= 0.6 is 15.9 Å². The Morgan fingerprint density at radius 1 is 1.14 bits per heavy atom.